The average molecular weight is 233 g/mol. The topological polar surface area (TPSA) is 6.48 Å². The Morgan fingerprint density at radius 3 is 2.73 bits per heavy atom. The molecule has 1 heterocycles. The lowest BCUT2D eigenvalue weighted by Gasteiger charge is -2.28. The van der Waals surface area contributed by atoms with Crippen LogP contribution in [-0.2, 0) is 0 Å². The van der Waals surface area contributed by atoms with E-state index in [0.717, 1.165) is 5.88 Å². The van der Waals surface area contributed by atoms with Crippen LogP contribution < -0.4 is 0 Å². The third-order valence-electron chi connectivity index (χ3n) is 3.23. The molecule has 0 bridgehead atoms. The average Bonchev–Trinajstić information content (AvgIpc) is 2.42. The van der Waals surface area contributed by atoms with Gasteiger partial charge in [-0.1, -0.05) is 12.8 Å². The Labute approximate surface area is 99.6 Å². The molecule has 1 aliphatic heterocycles. The zero-order valence-electron chi connectivity index (χ0n) is 10.2. The Morgan fingerprint density at radius 1 is 1.27 bits per heavy atom. The number of alkyl halides is 1. The summed E-state index contributed by atoms with van der Waals surface area (Å²) in [6, 6.07) is 0.635. The first-order chi connectivity index (χ1) is 7.24. The van der Waals surface area contributed by atoms with Gasteiger partial charge in [0, 0.05) is 11.9 Å². The molecule has 0 amide bonds. The number of likely N-dealkylation sites (tertiary alicyclic amines) is 1. The Balaban J connectivity index is 2.28. The first-order valence-electron chi connectivity index (χ1n) is 6.19. The third kappa shape index (κ3) is 5.19. The van der Waals surface area contributed by atoms with Gasteiger partial charge in [0.05, 0.1) is 0 Å². The van der Waals surface area contributed by atoms with E-state index in [-0.39, 0.29) is 0 Å². The van der Waals surface area contributed by atoms with Gasteiger partial charge in [-0.15, -0.1) is 11.6 Å². The monoisotopic (exact) mass is 232 g/mol. The molecule has 1 atom stereocenters. The molecular formula is C12H25ClN2. The molecule has 1 fully saturated rings. The van der Waals surface area contributed by atoms with E-state index in [0.29, 0.717) is 6.04 Å². The highest BCUT2D eigenvalue weighted by Gasteiger charge is 2.19. The summed E-state index contributed by atoms with van der Waals surface area (Å²) in [7, 11) is 4.28. The maximum absolute atomic E-state index is 6.04. The van der Waals surface area contributed by atoms with Gasteiger partial charge in [-0.2, -0.15) is 0 Å². The summed E-state index contributed by atoms with van der Waals surface area (Å²) in [6.07, 6.45) is 6.67. The molecule has 0 aromatic heterocycles. The van der Waals surface area contributed by atoms with E-state index in [2.05, 4.69) is 23.9 Å². The van der Waals surface area contributed by atoms with Crippen LogP contribution in [0.2, 0.25) is 0 Å². The van der Waals surface area contributed by atoms with Crippen molar-refractivity contribution in [2.24, 2.45) is 0 Å². The highest BCUT2D eigenvalue weighted by atomic mass is 35.5. The van der Waals surface area contributed by atoms with E-state index < -0.39 is 0 Å². The molecule has 15 heavy (non-hydrogen) atoms. The Morgan fingerprint density at radius 2 is 2.07 bits per heavy atom. The molecular weight excluding hydrogens is 208 g/mol. The maximum Gasteiger partial charge on any atom is 0.0379 e. The molecule has 1 rings (SSSR count). The molecule has 0 radical (unpaired) electrons. The summed E-state index contributed by atoms with van der Waals surface area (Å²) in [4.78, 5) is 4.86. The van der Waals surface area contributed by atoms with Crippen LogP contribution in [0.15, 0.2) is 0 Å². The molecule has 0 aromatic carbocycles. The van der Waals surface area contributed by atoms with Gasteiger partial charge >= 0.3 is 0 Å². The van der Waals surface area contributed by atoms with E-state index in [1.54, 1.807) is 0 Å². The fourth-order valence-corrected chi connectivity index (χ4v) is 2.65. The summed E-state index contributed by atoms with van der Waals surface area (Å²) in [5.74, 6) is 0.808. The van der Waals surface area contributed by atoms with Crippen molar-refractivity contribution < 1.29 is 0 Å². The lowest BCUT2D eigenvalue weighted by atomic mass is 10.1. The molecule has 90 valence electrons. The second-order valence-electron chi connectivity index (χ2n) is 4.85. The van der Waals surface area contributed by atoms with Crippen molar-refractivity contribution in [1.29, 1.82) is 0 Å². The van der Waals surface area contributed by atoms with Gasteiger partial charge in [0.1, 0.15) is 0 Å². The first kappa shape index (κ1) is 13.3. The van der Waals surface area contributed by atoms with Crippen molar-refractivity contribution in [3.63, 3.8) is 0 Å². The van der Waals surface area contributed by atoms with E-state index in [9.17, 15) is 0 Å². The van der Waals surface area contributed by atoms with Crippen LogP contribution in [0, 0.1) is 0 Å². The minimum atomic E-state index is 0.635. The minimum absolute atomic E-state index is 0.635. The lowest BCUT2D eigenvalue weighted by molar-refractivity contribution is 0.205. The van der Waals surface area contributed by atoms with Gasteiger partial charge in [0.25, 0.3) is 0 Å². The highest BCUT2D eigenvalue weighted by molar-refractivity contribution is 6.18. The molecule has 0 aliphatic carbocycles. The van der Waals surface area contributed by atoms with Crippen molar-refractivity contribution in [3.05, 3.63) is 0 Å². The van der Waals surface area contributed by atoms with Crippen LogP contribution >= 0.6 is 11.6 Å². The van der Waals surface area contributed by atoms with Gasteiger partial charge in [0.2, 0.25) is 0 Å². The zero-order valence-corrected chi connectivity index (χ0v) is 11.0. The zero-order chi connectivity index (χ0) is 11.1. The fourth-order valence-electron chi connectivity index (χ4n) is 2.30. The van der Waals surface area contributed by atoms with E-state index in [4.69, 9.17) is 11.6 Å². The van der Waals surface area contributed by atoms with Crippen LogP contribution in [0.1, 0.15) is 32.1 Å². The number of hydrogen-bond donors (Lipinski definition) is 0. The predicted octanol–water partition coefficient (Wildman–Crippen LogP) is 2.42. The number of rotatable bonds is 5. The molecule has 1 saturated heterocycles. The van der Waals surface area contributed by atoms with Crippen molar-refractivity contribution in [2.75, 3.05) is 39.6 Å². The normalized spacial score (nSPS) is 24.4. The smallest absolute Gasteiger partial charge is 0.0379 e. The van der Waals surface area contributed by atoms with E-state index in [1.165, 1.54) is 51.7 Å². The van der Waals surface area contributed by atoms with Crippen LogP contribution in [0.4, 0.5) is 0 Å². The molecule has 0 aromatic rings. The highest BCUT2D eigenvalue weighted by Crippen LogP contribution is 2.17. The molecule has 1 unspecified atom stereocenters. The van der Waals surface area contributed by atoms with E-state index >= 15 is 0 Å². The van der Waals surface area contributed by atoms with Crippen molar-refractivity contribution in [1.82, 2.24) is 9.80 Å². The molecule has 0 N–H and O–H groups in total. The summed E-state index contributed by atoms with van der Waals surface area (Å²) in [6.45, 7) is 3.66. The van der Waals surface area contributed by atoms with Gasteiger partial charge in [-0.3, -0.25) is 4.90 Å². The third-order valence-corrected chi connectivity index (χ3v) is 3.58. The molecule has 0 saturated carbocycles. The standard InChI is InChI=1S/C12H25ClN2/c1-14(2)8-6-10-15-9-5-3-4-7-12(15)11-13/h12H,3-11H2,1-2H3. The second-order valence-corrected chi connectivity index (χ2v) is 5.16. The van der Waals surface area contributed by atoms with E-state index in [1.807, 2.05) is 0 Å². The van der Waals surface area contributed by atoms with Gasteiger partial charge < -0.3 is 4.90 Å². The largest absolute Gasteiger partial charge is 0.309 e. The molecule has 3 heteroatoms. The van der Waals surface area contributed by atoms with Gasteiger partial charge in [0.15, 0.2) is 0 Å². The molecule has 2 nitrogen and oxygen atoms in total. The summed E-state index contributed by atoms with van der Waals surface area (Å²) >= 11 is 6.04. The van der Waals surface area contributed by atoms with Crippen molar-refractivity contribution in [3.8, 4) is 0 Å². The maximum atomic E-state index is 6.04. The lowest BCUT2D eigenvalue weighted by Crippen LogP contribution is -2.37. The molecule has 0 spiro atoms. The summed E-state index contributed by atoms with van der Waals surface area (Å²) in [5, 5.41) is 0. The minimum Gasteiger partial charge on any atom is -0.309 e. The molecule has 1 aliphatic rings. The van der Waals surface area contributed by atoms with Crippen LogP contribution in [0.5, 0.6) is 0 Å². The Hall–Kier alpha value is 0.210. The Bertz CT molecular complexity index is 162. The quantitative estimate of drug-likeness (QED) is 0.672. The fraction of sp³-hybridized carbons (Fsp3) is 1.00. The first-order valence-corrected chi connectivity index (χ1v) is 6.72. The summed E-state index contributed by atoms with van der Waals surface area (Å²) in [5.41, 5.74) is 0. The predicted molar refractivity (Wildman–Crippen MR) is 67.7 cm³/mol. The number of nitrogens with zero attached hydrogens (tertiary/aromatic N) is 2. The van der Waals surface area contributed by atoms with Crippen LogP contribution in [-0.4, -0.2) is 55.5 Å². The number of halogens is 1. The van der Waals surface area contributed by atoms with Gasteiger partial charge in [-0.25, -0.2) is 0 Å². The number of hydrogen-bond acceptors (Lipinski definition) is 2. The second kappa shape index (κ2) is 7.48. The SMILES string of the molecule is CN(C)CCCN1CCCCCC1CCl. The van der Waals surface area contributed by atoms with Gasteiger partial charge in [-0.05, 0) is 53.0 Å². The summed E-state index contributed by atoms with van der Waals surface area (Å²) < 4.78 is 0. The Kier molecular flexibility index (Phi) is 6.62. The van der Waals surface area contributed by atoms with Crippen molar-refractivity contribution in [2.45, 2.75) is 38.1 Å². The van der Waals surface area contributed by atoms with Crippen LogP contribution in [0.3, 0.4) is 0 Å². The van der Waals surface area contributed by atoms with Crippen molar-refractivity contribution >= 4 is 11.6 Å². The van der Waals surface area contributed by atoms with Crippen LogP contribution in [0.25, 0.3) is 0 Å².